The number of benzene rings is 1. The largest absolute Gasteiger partial charge is 0.481 e. The van der Waals surface area contributed by atoms with Crippen molar-refractivity contribution in [2.75, 3.05) is 98.2 Å². The van der Waals surface area contributed by atoms with Crippen LogP contribution in [0.2, 0.25) is 0 Å². The minimum atomic E-state index is -4.86. The highest BCUT2D eigenvalue weighted by atomic mass is 31.2. The molecule has 1 fully saturated rings. The summed E-state index contributed by atoms with van der Waals surface area (Å²) in [5.41, 5.74) is 0.725. The number of nitrogens with zero attached hydrogens (tertiary/aromatic N) is 4. The summed E-state index contributed by atoms with van der Waals surface area (Å²) in [4.78, 5) is 123. The van der Waals surface area contributed by atoms with Crippen molar-refractivity contribution in [3.8, 4) is 0 Å². The van der Waals surface area contributed by atoms with Crippen molar-refractivity contribution in [3.63, 3.8) is 0 Å². The number of nitrogens with one attached hydrogen (secondary N) is 4. The van der Waals surface area contributed by atoms with E-state index in [1.807, 2.05) is 0 Å². The van der Waals surface area contributed by atoms with Crippen LogP contribution >= 0.6 is 7.75 Å². The number of hydrogen-bond acceptors (Lipinski definition) is 16. The fourth-order valence-electron chi connectivity index (χ4n) is 6.27. The molecule has 27 nitrogen and oxygen atoms in total. The van der Waals surface area contributed by atoms with E-state index in [-0.39, 0.29) is 96.6 Å². The first-order valence-electron chi connectivity index (χ1n) is 20.1. The standard InChI is InChI=1S/C37H57N8O19P/c46-29(20-42-10-12-43(21-31(49)50)14-16-45(23-33(53)54)17-15-44(13-11-42)22-32(51)52)38-9-7-24-1-3-25(4-2-24)34(55)40-28(37(60)61)19-39-26(35(56)57)8-18-64-65(62,63)41-27(36(58)59)5-6-30(47)48/h1-4,26-28,39H,5-23H2,(H,38,46)(H,40,55)(H,47,48)(H,49,50)(H,51,52)(H,53,54)(H,56,57)(H,58,59)(H,60,61)(H2,41,62,63)/t26-,27-,28-/m0/s1. The number of carbonyl (C=O) groups is 9. The topological polar surface area (TPSA) is 403 Å². The lowest BCUT2D eigenvalue weighted by molar-refractivity contribution is -0.142. The minimum Gasteiger partial charge on any atom is -0.481 e. The average molecular weight is 949 g/mol. The summed E-state index contributed by atoms with van der Waals surface area (Å²) in [5.74, 6) is -10.5. The molecule has 1 aliphatic rings. The lowest BCUT2D eigenvalue weighted by Crippen LogP contribution is -2.51. The van der Waals surface area contributed by atoms with Gasteiger partial charge in [-0.2, -0.15) is 0 Å². The van der Waals surface area contributed by atoms with Crippen molar-refractivity contribution < 1.29 is 92.9 Å². The second-order valence-electron chi connectivity index (χ2n) is 14.8. The van der Waals surface area contributed by atoms with E-state index in [1.54, 1.807) is 36.8 Å². The second kappa shape index (κ2) is 28.3. The average Bonchev–Trinajstić information content (AvgIpc) is 3.20. The van der Waals surface area contributed by atoms with Gasteiger partial charge in [0.05, 0.1) is 32.8 Å². The van der Waals surface area contributed by atoms with Crippen molar-refractivity contribution >= 4 is 61.3 Å². The highest BCUT2D eigenvalue weighted by molar-refractivity contribution is 7.50. The van der Waals surface area contributed by atoms with E-state index in [9.17, 15) is 83.2 Å². The molecule has 1 saturated heterocycles. The Morgan fingerprint density at radius 3 is 1.46 bits per heavy atom. The van der Waals surface area contributed by atoms with Gasteiger partial charge in [0.2, 0.25) is 5.91 Å². The number of amides is 2. The summed E-state index contributed by atoms with van der Waals surface area (Å²) in [5, 5.41) is 74.7. The monoisotopic (exact) mass is 948 g/mol. The molecular formula is C37H57N8O19P. The van der Waals surface area contributed by atoms with Gasteiger partial charge >= 0.3 is 49.5 Å². The number of aliphatic carboxylic acids is 7. The fourth-order valence-corrected chi connectivity index (χ4v) is 7.33. The van der Waals surface area contributed by atoms with E-state index in [1.165, 1.54) is 12.1 Å². The molecule has 0 saturated carbocycles. The van der Waals surface area contributed by atoms with Crippen LogP contribution in [0.15, 0.2) is 24.3 Å². The van der Waals surface area contributed by atoms with Crippen LogP contribution in [0.25, 0.3) is 0 Å². The van der Waals surface area contributed by atoms with E-state index in [0.29, 0.717) is 12.0 Å². The minimum absolute atomic E-state index is 0.0419. The molecule has 364 valence electrons. The molecule has 1 unspecified atom stereocenters. The summed E-state index contributed by atoms with van der Waals surface area (Å²) in [6.07, 6.45) is -1.41. The van der Waals surface area contributed by atoms with Crippen molar-refractivity contribution in [2.24, 2.45) is 0 Å². The number of carboxylic acid groups (broad SMARTS) is 7. The quantitative estimate of drug-likeness (QED) is 0.0362. The van der Waals surface area contributed by atoms with Crippen LogP contribution in [0.1, 0.15) is 35.2 Å². The summed E-state index contributed by atoms with van der Waals surface area (Å²) < 4.78 is 17.0. The molecule has 0 aliphatic carbocycles. The van der Waals surface area contributed by atoms with E-state index in [4.69, 9.17) is 9.63 Å². The van der Waals surface area contributed by atoms with Gasteiger partial charge in [-0.25, -0.2) is 14.4 Å². The Balaban J connectivity index is 1.94. The molecule has 12 N–H and O–H groups in total. The van der Waals surface area contributed by atoms with Gasteiger partial charge in [-0.3, -0.25) is 62.5 Å². The molecule has 4 atom stereocenters. The van der Waals surface area contributed by atoms with E-state index >= 15 is 0 Å². The van der Waals surface area contributed by atoms with Crippen LogP contribution in [0.3, 0.4) is 0 Å². The molecular weight excluding hydrogens is 891 g/mol. The molecule has 1 aliphatic heterocycles. The Morgan fingerprint density at radius 2 is 1.05 bits per heavy atom. The van der Waals surface area contributed by atoms with Gasteiger partial charge in [-0.1, -0.05) is 12.1 Å². The Hall–Kier alpha value is -5.64. The van der Waals surface area contributed by atoms with Crippen molar-refractivity contribution in [2.45, 2.75) is 43.8 Å². The summed E-state index contributed by atoms with van der Waals surface area (Å²) >= 11 is 0. The predicted molar refractivity (Wildman–Crippen MR) is 222 cm³/mol. The van der Waals surface area contributed by atoms with Gasteiger partial charge in [0.15, 0.2) is 0 Å². The van der Waals surface area contributed by atoms with E-state index in [0.717, 1.165) is 0 Å². The summed E-state index contributed by atoms with van der Waals surface area (Å²) in [7, 11) is -4.86. The first-order valence-corrected chi connectivity index (χ1v) is 21.7. The predicted octanol–water partition coefficient (Wildman–Crippen LogP) is -3.54. The van der Waals surface area contributed by atoms with E-state index in [2.05, 4.69) is 16.0 Å². The molecule has 28 heteroatoms. The molecule has 1 aromatic rings. The van der Waals surface area contributed by atoms with Crippen molar-refractivity contribution in [1.82, 2.24) is 40.6 Å². The van der Waals surface area contributed by atoms with Crippen LogP contribution in [0, 0.1) is 0 Å². The van der Waals surface area contributed by atoms with Crippen LogP contribution in [0.4, 0.5) is 0 Å². The maximum absolute atomic E-state index is 13.0. The molecule has 0 spiro atoms. The lowest BCUT2D eigenvalue weighted by atomic mass is 10.1. The zero-order valence-electron chi connectivity index (χ0n) is 35.3. The molecule has 0 radical (unpaired) electrons. The molecule has 1 heterocycles. The van der Waals surface area contributed by atoms with Gasteiger partial charge < -0.3 is 56.6 Å². The normalized spacial score (nSPS) is 17.2. The summed E-state index contributed by atoms with van der Waals surface area (Å²) in [6, 6.07) is 0.953. The third-order valence-corrected chi connectivity index (χ3v) is 10.9. The number of rotatable bonds is 28. The lowest BCUT2D eigenvalue weighted by Gasteiger charge is -2.32. The summed E-state index contributed by atoms with van der Waals surface area (Å²) in [6.45, 7) is -0.347. The van der Waals surface area contributed by atoms with Gasteiger partial charge in [0, 0.05) is 77.4 Å². The van der Waals surface area contributed by atoms with Gasteiger partial charge in [-0.15, -0.1) is 0 Å². The third-order valence-electron chi connectivity index (χ3n) is 9.73. The van der Waals surface area contributed by atoms with Crippen LogP contribution in [0.5, 0.6) is 0 Å². The van der Waals surface area contributed by atoms with Gasteiger partial charge in [-0.05, 0) is 37.0 Å². The molecule has 0 bridgehead atoms. The Kier molecular flexibility index (Phi) is 24.2. The van der Waals surface area contributed by atoms with Gasteiger partial charge in [0.25, 0.3) is 5.91 Å². The molecule has 0 aromatic heterocycles. The molecule has 1 aromatic carbocycles. The Morgan fingerprint density at radius 1 is 0.600 bits per heavy atom. The van der Waals surface area contributed by atoms with Gasteiger partial charge in [0.1, 0.15) is 18.1 Å². The maximum atomic E-state index is 13.0. The zero-order valence-corrected chi connectivity index (χ0v) is 36.2. The van der Waals surface area contributed by atoms with Crippen LogP contribution in [-0.2, 0) is 53.9 Å². The number of carbonyl (C=O) groups excluding carboxylic acids is 2. The highest BCUT2D eigenvalue weighted by Gasteiger charge is 2.31. The highest BCUT2D eigenvalue weighted by Crippen LogP contribution is 2.38. The first kappa shape index (κ1) is 55.5. The van der Waals surface area contributed by atoms with Crippen LogP contribution < -0.4 is 21.0 Å². The molecule has 65 heavy (non-hydrogen) atoms. The zero-order chi connectivity index (χ0) is 48.7. The number of carboxylic acids is 7. The SMILES string of the molecule is O=C(O)CC[C@H](NP(=O)(O)OCC[C@H](NC[C@H](NC(=O)c1ccc(CCNC(=O)CN2CCN(CC(=O)O)CCN(CC(=O)O)CCN(CC(=O)O)CC2)cc1)C(=O)O)C(=O)O)C(=O)O. The molecule has 2 amide bonds. The third kappa shape index (κ3) is 23.7. The van der Waals surface area contributed by atoms with Crippen LogP contribution in [-0.4, -0.2) is 230 Å². The smallest absolute Gasteiger partial charge is 0.403 e. The Labute approximate surface area is 371 Å². The Bertz CT molecular complexity index is 1830. The first-order chi connectivity index (χ1) is 30.5. The second-order valence-corrected chi connectivity index (χ2v) is 16.4. The molecule has 2 rings (SSSR count). The van der Waals surface area contributed by atoms with E-state index < -0.39 is 106 Å². The maximum Gasteiger partial charge on any atom is 0.403 e. The number of hydrogen-bond donors (Lipinski definition) is 12. The van der Waals surface area contributed by atoms with Crippen molar-refractivity contribution in [3.05, 3.63) is 35.4 Å². The van der Waals surface area contributed by atoms with Crippen molar-refractivity contribution in [1.29, 1.82) is 0 Å². The fraction of sp³-hybridized carbons (Fsp3) is 0.595.